The van der Waals surface area contributed by atoms with E-state index in [0.717, 1.165) is 16.5 Å². The predicted molar refractivity (Wildman–Crippen MR) is 98.4 cm³/mol. The third-order valence-corrected chi connectivity index (χ3v) is 4.23. The Morgan fingerprint density at radius 3 is 2.81 bits per heavy atom. The van der Waals surface area contributed by atoms with E-state index >= 15 is 0 Å². The highest BCUT2D eigenvalue weighted by Gasteiger charge is 2.16. The number of aromatic nitrogens is 2. The highest BCUT2D eigenvalue weighted by molar-refractivity contribution is 5.82. The second kappa shape index (κ2) is 6.57. The van der Waals surface area contributed by atoms with Crippen LogP contribution in [0.4, 0.5) is 0 Å². The van der Waals surface area contributed by atoms with Gasteiger partial charge < -0.3 is 14.9 Å². The standard InChI is InChI=1S/C20H17N3O3/c1-25-20(24)14(21)10-12-6-9-18-17(11-12)23-19(26-18)16-8-7-13-4-2-3-5-15(13)22-16/h2-9,11,14H,10,21H2,1H3. The molecule has 2 N–H and O–H groups in total. The van der Waals surface area contributed by atoms with Gasteiger partial charge in [0.1, 0.15) is 17.3 Å². The Bertz CT molecular complexity index is 1100. The lowest BCUT2D eigenvalue weighted by molar-refractivity contribution is -0.142. The van der Waals surface area contributed by atoms with Crippen LogP contribution in [0.5, 0.6) is 0 Å². The van der Waals surface area contributed by atoms with Gasteiger partial charge in [0.05, 0.1) is 12.6 Å². The number of ether oxygens (including phenoxy) is 1. The maximum absolute atomic E-state index is 11.5. The third kappa shape index (κ3) is 3.02. The maximum Gasteiger partial charge on any atom is 0.322 e. The summed E-state index contributed by atoms with van der Waals surface area (Å²) in [6.45, 7) is 0. The summed E-state index contributed by atoms with van der Waals surface area (Å²) in [7, 11) is 1.33. The summed E-state index contributed by atoms with van der Waals surface area (Å²) in [5, 5.41) is 1.06. The van der Waals surface area contributed by atoms with Gasteiger partial charge in [-0.2, -0.15) is 0 Å². The van der Waals surface area contributed by atoms with Crippen molar-refractivity contribution in [1.82, 2.24) is 9.97 Å². The van der Waals surface area contributed by atoms with Gasteiger partial charge in [0.2, 0.25) is 5.89 Å². The summed E-state index contributed by atoms with van der Waals surface area (Å²) in [6.07, 6.45) is 0.374. The fraction of sp³-hybridized carbons (Fsp3) is 0.150. The molecule has 0 bridgehead atoms. The van der Waals surface area contributed by atoms with Crippen LogP contribution >= 0.6 is 0 Å². The van der Waals surface area contributed by atoms with Crippen molar-refractivity contribution in [3.05, 3.63) is 60.2 Å². The first-order valence-corrected chi connectivity index (χ1v) is 8.23. The molecule has 1 atom stereocenters. The van der Waals surface area contributed by atoms with Gasteiger partial charge in [-0.05, 0) is 36.2 Å². The summed E-state index contributed by atoms with van der Waals surface area (Å²) in [5.74, 6) is 0.0199. The first kappa shape index (κ1) is 16.2. The number of hydrogen-bond acceptors (Lipinski definition) is 6. The average molecular weight is 347 g/mol. The van der Waals surface area contributed by atoms with Crippen LogP contribution in [0.3, 0.4) is 0 Å². The SMILES string of the molecule is COC(=O)C(N)Cc1ccc2oc(-c3ccc4ccccc4n3)nc2c1. The molecule has 0 spiro atoms. The lowest BCUT2D eigenvalue weighted by Gasteiger charge is -2.08. The number of benzene rings is 2. The minimum Gasteiger partial charge on any atom is -0.468 e. The van der Waals surface area contributed by atoms with Crippen molar-refractivity contribution in [3.63, 3.8) is 0 Å². The molecule has 0 saturated carbocycles. The molecule has 6 nitrogen and oxygen atoms in total. The van der Waals surface area contributed by atoms with Gasteiger partial charge >= 0.3 is 5.97 Å². The Labute approximate surface area is 149 Å². The molecular weight excluding hydrogens is 330 g/mol. The summed E-state index contributed by atoms with van der Waals surface area (Å²) in [5.41, 5.74) is 9.63. The lowest BCUT2D eigenvalue weighted by Crippen LogP contribution is -2.33. The van der Waals surface area contributed by atoms with Crippen LogP contribution in [0, 0.1) is 0 Å². The van der Waals surface area contributed by atoms with Crippen LogP contribution in [-0.2, 0) is 16.0 Å². The third-order valence-electron chi connectivity index (χ3n) is 4.23. The van der Waals surface area contributed by atoms with Crippen molar-refractivity contribution < 1.29 is 13.9 Å². The topological polar surface area (TPSA) is 91.2 Å². The molecule has 130 valence electrons. The smallest absolute Gasteiger partial charge is 0.322 e. The van der Waals surface area contributed by atoms with Gasteiger partial charge in [0.25, 0.3) is 0 Å². The monoisotopic (exact) mass is 347 g/mol. The van der Waals surface area contributed by atoms with Gasteiger partial charge in [0, 0.05) is 5.39 Å². The van der Waals surface area contributed by atoms with Gasteiger partial charge in [-0.25, -0.2) is 9.97 Å². The molecule has 0 fully saturated rings. The van der Waals surface area contributed by atoms with Gasteiger partial charge in [-0.1, -0.05) is 30.3 Å². The zero-order valence-electron chi connectivity index (χ0n) is 14.2. The largest absolute Gasteiger partial charge is 0.468 e. The van der Waals surface area contributed by atoms with E-state index < -0.39 is 12.0 Å². The van der Waals surface area contributed by atoms with E-state index in [1.54, 1.807) is 0 Å². The number of methoxy groups -OCH3 is 1. The molecule has 0 aliphatic heterocycles. The summed E-state index contributed by atoms with van der Waals surface area (Å²) < 4.78 is 10.5. The molecule has 4 rings (SSSR count). The van der Waals surface area contributed by atoms with Crippen LogP contribution in [0.25, 0.3) is 33.6 Å². The number of esters is 1. The molecule has 2 aromatic heterocycles. The number of nitrogens with two attached hydrogens (primary N) is 1. The highest BCUT2D eigenvalue weighted by Crippen LogP contribution is 2.25. The number of nitrogens with zero attached hydrogens (tertiary/aromatic N) is 2. The number of para-hydroxylation sites is 1. The second-order valence-corrected chi connectivity index (χ2v) is 6.04. The normalized spacial score (nSPS) is 12.4. The second-order valence-electron chi connectivity index (χ2n) is 6.04. The number of carbonyl (C=O) groups is 1. The fourth-order valence-electron chi connectivity index (χ4n) is 2.88. The van der Waals surface area contributed by atoms with Crippen molar-refractivity contribution in [3.8, 4) is 11.6 Å². The van der Waals surface area contributed by atoms with Gasteiger partial charge in [-0.3, -0.25) is 4.79 Å². The molecule has 1 unspecified atom stereocenters. The van der Waals surface area contributed by atoms with Crippen LogP contribution in [0.1, 0.15) is 5.56 Å². The molecule has 2 aromatic carbocycles. The molecule has 26 heavy (non-hydrogen) atoms. The van der Waals surface area contributed by atoms with E-state index in [2.05, 4.69) is 14.7 Å². The van der Waals surface area contributed by atoms with Crippen molar-refractivity contribution in [2.24, 2.45) is 5.73 Å². The Balaban J connectivity index is 1.67. The van der Waals surface area contributed by atoms with Crippen LogP contribution in [0.15, 0.2) is 59.0 Å². The maximum atomic E-state index is 11.5. The summed E-state index contributed by atoms with van der Waals surface area (Å²) >= 11 is 0. The number of fused-ring (bicyclic) bond motifs is 2. The van der Waals surface area contributed by atoms with Gasteiger partial charge in [0.15, 0.2) is 5.58 Å². The van der Waals surface area contributed by atoms with Crippen molar-refractivity contribution in [2.75, 3.05) is 7.11 Å². The molecule has 0 radical (unpaired) electrons. The van der Waals surface area contributed by atoms with E-state index in [9.17, 15) is 4.79 Å². The number of oxazole rings is 1. The van der Waals surface area contributed by atoms with Crippen molar-refractivity contribution in [2.45, 2.75) is 12.5 Å². The zero-order chi connectivity index (χ0) is 18.1. The van der Waals surface area contributed by atoms with Crippen LogP contribution in [-0.4, -0.2) is 29.1 Å². The Hall–Kier alpha value is -3.25. The minimum atomic E-state index is -0.703. The Morgan fingerprint density at radius 1 is 1.12 bits per heavy atom. The Morgan fingerprint density at radius 2 is 1.96 bits per heavy atom. The molecule has 4 aromatic rings. The number of hydrogen-bond donors (Lipinski definition) is 1. The molecule has 0 saturated heterocycles. The summed E-state index contributed by atoms with van der Waals surface area (Å²) in [6, 6.07) is 16.6. The predicted octanol–water partition coefficient (Wildman–Crippen LogP) is 3.09. The highest BCUT2D eigenvalue weighted by atomic mass is 16.5. The average Bonchev–Trinajstić information content (AvgIpc) is 3.10. The molecule has 6 heteroatoms. The van der Waals surface area contributed by atoms with E-state index in [1.165, 1.54) is 7.11 Å². The fourth-order valence-corrected chi connectivity index (χ4v) is 2.88. The van der Waals surface area contributed by atoms with Crippen molar-refractivity contribution >= 4 is 28.0 Å². The molecule has 2 heterocycles. The molecule has 0 aliphatic carbocycles. The van der Waals surface area contributed by atoms with E-state index in [4.69, 9.17) is 10.2 Å². The molecular formula is C20H17N3O3. The van der Waals surface area contributed by atoms with E-state index in [0.29, 0.717) is 29.1 Å². The number of carbonyl (C=O) groups excluding carboxylic acids is 1. The zero-order valence-corrected chi connectivity index (χ0v) is 14.2. The first-order chi connectivity index (χ1) is 12.6. The van der Waals surface area contributed by atoms with Crippen LogP contribution in [0.2, 0.25) is 0 Å². The van der Waals surface area contributed by atoms with Crippen molar-refractivity contribution in [1.29, 1.82) is 0 Å². The van der Waals surface area contributed by atoms with Gasteiger partial charge in [-0.15, -0.1) is 0 Å². The minimum absolute atomic E-state index is 0.374. The van der Waals surface area contributed by atoms with Crippen LogP contribution < -0.4 is 5.73 Å². The summed E-state index contributed by atoms with van der Waals surface area (Å²) in [4.78, 5) is 20.6. The first-order valence-electron chi connectivity index (χ1n) is 8.23. The molecule has 0 amide bonds. The quantitative estimate of drug-likeness (QED) is 0.571. The number of pyridine rings is 1. The van der Waals surface area contributed by atoms with E-state index in [1.807, 2.05) is 54.6 Å². The number of rotatable bonds is 4. The van der Waals surface area contributed by atoms with E-state index in [-0.39, 0.29) is 0 Å². The lowest BCUT2D eigenvalue weighted by atomic mass is 10.1. The Kier molecular flexibility index (Phi) is 4.10. The molecule has 0 aliphatic rings.